The van der Waals surface area contributed by atoms with Gasteiger partial charge in [-0.2, -0.15) is 0 Å². The number of anilines is 2. The van der Waals surface area contributed by atoms with E-state index in [1.54, 1.807) is 36.4 Å². The first-order chi connectivity index (χ1) is 17.3. The van der Waals surface area contributed by atoms with Crippen molar-refractivity contribution in [2.24, 2.45) is 0 Å². The number of hydrogen-bond donors (Lipinski definition) is 2. The van der Waals surface area contributed by atoms with Crippen molar-refractivity contribution in [3.05, 3.63) is 94.5 Å². The normalized spacial score (nSPS) is 14.2. The topological polar surface area (TPSA) is 89.9 Å². The average molecular weight is 486 g/mol. The van der Waals surface area contributed by atoms with Crippen molar-refractivity contribution in [3.8, 4) is 0 Å². The van der Waals surface area contributed by atoms with E-state index in [9.17, 15) is 19.5 Å². The highest BCUT2D eigenvalue weighted by Gasteiger charge is 2.20. The van der Waals surface area contributed by atoms with E-state index in [4.69, 9.17) is 0 Å². The first-order valence-electron chi connectivity index (χ1n) is 12.1. The van der Waals surface area contributed by atoms with Crippen molar-refractivity contribution < 1.29 is 19.5 Å². The fourth-order valence-electron chi connectivity index (χ4n) is 4.40. The maximum Gasteiger partial charge on any atom is 0.337 e. The summed E-state index contributed by atoms with van der Waals surface area (Å²) < 4.78 is 0. The number of amides is 1. The number of benzene rings is 3. The lowest BCUT2D eigenvalue weighted by molar-refractivity contribution is 0.0697. The molecule has 1 aliphatic heterocycles. The van der Waals surface area contributed by atoms with Gasteiger partial charge in [0.15, 0.2) is 5.78 Å². The Morgan fingerprint density at radius 1 is 0.861 bits per heavy atom. The number of rotatable bonds is 7. The third-order valence-corrected chi connectivity index (χ3v) is 6.56. The number of ketones is 1. The van der Waals surface area contributed by atoms with E-state index in [-0.39, 0.29) is 23.5 Å². The quantitative estimate of drug-likeness (QED) is 0.479. The number of nitrogens with one attached hydrogen (secondary N) is 1. The summed E-state index contributed by atoms with van der Waals surface area (Å²) in [6, 6.07) is 19.3. The van der Waals surface area contributed by atoms with Gasteiger partial charge in [0.05, 0.1) is 11.3 Å². The molecule has 7 nitrogen and oxygen atoms in total. The lowest BCUT2D eigenvalue weighted by Crippen LogP contribution is -2.28. The highest BCUT2D eigenvalue weighted by atomic mass is 16.4. The van der Waals surface area contributed by atoms with Crippen molar-refractivity contribution in [2.45, 2.75) is 19.8 Å². The van der Waals surface area contributed by atoms with Gasteiger partial charge in [0.1, 0.15) is 0 Å². The molecule has 4 rings (SSSR count). The maximum atomic E-state index is 13.1. The minimum absolute atomic E-state index is 0.0257. The Bertz CT molecular complexity index is 1250. The summed E-state index contributed by atoms with van der Waals surface area (Å²) in [6.07, 6.45) is 1.05. The standard InChI is InChI=1S/C29H31N3O4/c1-20-7-9-21(10-8-20)26(33)19-23-5-3-6-25(29(35)36)27(23)30-28(34)22-11-13-24(14-12-22)32-16-4-15-31(2)17-18-32/h3,5-14H,4,15-19H2,1-2H3,(H,30,34)(H,35,36). The summed E-state index contributed by atoms with van der Waals surface area (Å²) in [5.41, 5.74) is 3.60. The number of carboxylic acids is 1. The van der Waals surface area contributed by atoms with Gasteiger partial charge in [-0.25, -0.2) is 4.79 Å². The first kappa shape index (κ1) is 25.1. The van der Waals surface area contributed by atoms with Gasteiger partial charge in [0.2, 0.25) is 0 Å². The van der Waals surface area contributed by atoms with E-state index in [1.807, 2.05) is 31.2 Å². The van der Waals surface area contributed by atoms with E-state index >= 15 is 0 Å². The summed E-state index contributed by atoms with van der Waals surface area (Å²) in [5.74, 6) is -1.74. The molecule has 0 saturated carbocycles. The molecule has 0 aliphatic carbocycles. The van der Waals surface area contributed by atoms with Crippen LogP contribution in [0.5, 0.6) is 0 Å². The average Bonchev–Trinajstić information content (AvgIpc) is 3.09. The number of carbonyl (C=O) groups is 3. The molecule has 0 spiro atoms. The number of Topliss-reactive ketones (excluding diaryl/α,β-unsaturated/α-hetero) is 1. The van der Waals surface area contributed by atoms with E-state index in [2.05, 4.69) is 22.2 Å². The number of carbonyl (C=O) groups excluding carboxylic acids is 2. The van der Waals surface area contributed by atoms with Crippen molar-refractivity contribution >= 4 is 29.0 Å². The summed E-state index contributed by atoms with van der Waals surface area (Å²) in [6.45, 7) is 5.87. The van der Waals surface area contributed by atoms with Gasteiger partial charge in [0, 0.05) is 42.9 Å². The van der Waals surface area contributed by atoms with Crippen molar-refractivity contribution in [1.29, 1.82) is 0 Å². The molecule has 1 heterocycles. The molecular formula is C29H31N3O4. The largest absolute Gasteiger partial charge is 0.478 e. The Kier molecular flexibility index (Phi) is 7.80. The van der Waals surface area contributed by atoms with Crippen LogP contribution in [0.15, 0.2) is 66.7 Å². The fraction of sp³-hybridized carbons (Fsp3) is 0.276. The molecule has 0 aromatic heterocycles. The molecule has 7 heteroatoms. The zero-order valence-electron chi connectivity index (χ0n) is 20.7. The first-order valence-corrected chi connectivity index (χ1v) is 12.1. The molecule has 1 amide bonds. The third-order valence-electron chi connectivity index (χ3n) is 6.56. The van der Waals surface area contributed by atoms with Gasteiger partial charge >= 0.3 is 5.97 Å². The van der Waals surface area contributed by atoms with Crippen LogP contribution in [0.25, 0.3) is 0 Å². The van der Waals surface area contributed by atoms with E-state index in [0.717, 1.165) is 43.9 Å². The van der Waals surface area contributed by atoms with Crippen LogP contribution in [-0.4, -0.2) is 60.9 Å². The molecule has 0 atom stereocenters. The van der Waals surface area contributed by atoms with E-state index in [0.29, 0.717) is 16.7 Å². The Labute approximate surface area is 211 Å². The molecule has 0 unspecified atom stereocenters. The fourth-order valence-corrected chi connectivity index (χ4v) is 4.40. The molecule has 3 aromatic carbocycles. The number of aryl methyl sites for hydroxylation is 1. The van der Waals surface area contributed by atoms with Gasteiger partial charge in [-0.05, 0) is 62.8 Å². The predicted octanol–water partition coefficient (Wildman–Crippen LogP) is 4.51. The van der Waals surface area contributed by atoms with Crippen molar-refractivity contribution in [3.63, 3.8) is 0 Å². The molecule has 186 valence electrons. The Hall–Kier alpha value is -3.97. The van der Waals surface area contributed by atoms with Gasteiger partial charge in [-0.3, -0.25) is 9.59 Å². The Balaban J connectivity index is 1.54. The highest BCUT2D eigenvalue weighted by Crippen LogP contribution is 2.25. The minimum atomic E-state index is -1.17. The smallest absolute Gasteiger partial charge is 0.337 e. The molecule has 1 aliphatic rings. The summed E-state index contributed by atoms with van der Waals surface area (Å²) in [4.78, 5) is 42.5. The zero-order chi connectivity index (χ0) is 25.7. The Morgan fingerprint density at radius 3 is 2.25 bits per heavy atom. The molecular weight excluding hydrogens is 454 g/mol. The summed E-state index contributed by atoms with van der Waals surface area (Å²) in [5, 5.41) is 12.5. The minimum Gasteiger partial charge on any atom is -0.478 e. The van der Waals surface area contributed by atoms with Gasteiger partial charge in [-0.15, -0.1) is 0 Å². The van der Waals surface area contributed by atoms with Crippen LogP contribution in [0.2, 0.25) is 0 Å². The van der Waals surface area contributed by atoms with E-state index < -0.39 is 11.9 Å². The van der Waals surface area contributed by atoms with Gasteiger partial charge in [-0.1, -0.05) is 42.0 Å². The van der Waals surface area contributed by atoms with Crippen LogP contribution >= 0.6 is 0 Å². The Morgan fingerprint density at radius 2 is 1.56 bits per heavy atom. The molecule has 3 aromatic rings. The SMILES string of the molecule is Cc1ccc(C(=O)Cc2cccc(C(=O)O)c2NC(=O)c2ccc(N3CCCN(C)CC3)cc2)cc1. The number of para-hydroxylation sites is 1. The van der Waals surface area contributed by atoms with Crippen LogP contribution in [0.3, 0.4) is 0 Å². The second kappa shape index (κ2) is 11.2. The molecule has 1 fully saturated rings. The molecule has 36 heavy (non-hydrogen) atoms. The molecule has 0 bridgehead atoms. The number of nitrogens with zero attached hydrogens (tertiary/aromatic N) is 2. The maximum absolute atomic E-state index is 13.1. The lowest BCUT2D eigenvalue weighted by Gasteiger charge is -2.23. The lowest BCUT2D eigenvalue weighted by atomic mass is 9.98. The number of carboxylic acid groups (broad SMARTS) is 1. The molecule has 1 saturated heterocycles. The zero-order valence-corrected chi connectivity index (χ0v) is 20.7. The monoisotopic (exact) mass is 485 g/mol. The van der Waals surface area contributed by atoms with Crippen molar-refractivity contribution in [2.75, 3.05) is 43.4 Å². The highest BCUT2D eigenvalue weighted by molar-refractivity contribution is 6.09. The number of likely N-dealkylation sites (N-methyl/N-ethyl adjacent to an activating group) is 1. The summed E-state index contributed by atoms with van der Waals surface area (Å²) >= 11 is 0. The van der Waals surface area contributed by atoms with Crippen LogP contribution in [0.4, 0.5) is 11.4 Å². The third kappa shape index (κ3) is 5.98. The van der Waals surface area contributed by atoms with Crippen LogP contribution in [0.1, 0.15) is 48.6 Å². The second-order valence-corrected chi connectivity index (χ2v) is 9.26. The van der Waals surface area contributed by atoms with Crippen LogP contribution in [-0.2, 0) is 6.42 Å². The molecule has 0 radical (unpaired) electrons. The van der Waals surface area contributed by atoms with Crippen LogP contribution in [0, 0.1) is 6.92 Å². The van der Waals surface area contributed by atoms with Gasteiger partial charge in [0.25, 0.3) is 5.91 Å². The van der Waals surface area contributed by atoms with E-state index in [1.165, 1.54) is 6.07 Å². The molecule has 2 N–H and O–H groups in total. The van der Waals surface area contributed by atoms with Gasteiger partial charge < -0.3 is 20.2 Å². The number of aromatic carboxylic acids is 1. The van der Waals surface area contributed by atoms with Crippen molar-refractivity contribution in [1.82, 2.24) is 4.90 Å². The number of hydrogen-bond acceptors (Lipinski definition) is 5. The van der Waals surface area contributed by atoms with Crippen LogP contribution < -0.4 is 10.2 Å². The predicted molar refractivity (Wildman–Crippen MR) is 141 cm³/mol. The second-order valence-electron chi connectivity index (χ2n) is 9.26. The summed E-state index contributed by atoms with van der Waals surface area (Å²) in [7, 11) is 2.12.